The van der Waals surface area contributed by atoms with Crippen LogP contribution in [0.4, 0.5) is 10.1 Å². The van der Waals surface area contributed by atoms with Gasteiger partial charge in [0.1, 0.15) is 17.0 Å². The van der Waals surface area contributed by atoms with Crippen molar-refractivity contribution in [3.05, 3.63) is 92.2 Å². The molecule has 0 unspecified atom stereocenters. The molecule has 10 heteroatoms. The average Bonchev–Trinajstić information content (AvgIpc) is 3.18. The zero-order valence-corrected chi connectivity index (χ0v) is 25.3. The van der Waals surface area contributed by atoms with Crippen LogP contribution < -0.4 is 15.4 Å². The first-order valence-corrected chi connectivity index (χ1v) is 14.4. The Morgan fingerprint density at radius 3 is 2.61 bits per heavy atom. The molecular formula is C31H29BrClFN2O5. The molecule has 0 radical (unpaired) electrons. The van der Waals surface area contributed by atoms with Gasteiger partial charge in [-0.15, -0.1) is 0 Å². The summed E-state index contributed by atoms with van der Waals surface area (Å²) in [6, 6.07) is 13.7. The lowest BCUT2D eigenvalue weighted by Gasteiger charge is -2.47. The molecule has 2 amide bonds. The molecule has 214 valence electrons. The molecule has 0 aliphatic carbocycles. The van der Waals surface area contributed by atoms with Gasteiger partial charge in [0.2, 0.25) is 11.8 Å². The van der Waals surface area contributed by atoms with Crippen molar-refractivity contribution >= 4 is 51.0 Å². The fourth-order valence-corrected chi connectivity index (χ4v) is 6.50. The van der Waals surface area contributed by atoms with Crippen molar-refractivity contribution in [1.82, 2.24) is 5.32 Å². The lowest BCUT2D eigenvalue weighted by molar-refractivity contribution is -0.158. The Labute approximate surface area is 250 Å². The van der Waals surface area contributed by atoms with Gasteiger partial charge in [0.25, 0.3) is 0 Å². The number of aryl methyl sites for hydroxylation is 1. The summed E-state index contributed by atoms with van der Waals surface area (Å²) in [5, 5.41) is 6.41. The molecule has 0 saturated carbocycles. The van der Waals surface area contributed by atoms with Crippen molar-refractivity contribution < 1.29 is 28.2 Å². The summed E-state index contributed by atoms with van der Waals surface area (Å²) in [7, 11) is 0. The number of piperidine rings is 1. The first kappa shape index (κ1) is 29.1. The second-order valence-electron chi connectivity index (χ2n) is 10.8. The maximum absolute atomic E-state index is 14.7. The number of nitrogens with one attached hydrogen (secondary N) is 2. The number of carbonyl (C=O) groups is 3. The summed E-state index contributed by atoms with van der Waals surface area (Å²) in [6.45, 7) is 6.89. The van der Waals surface area contributed by atoms with E-state index in [2.05, 4.69) is 26.6 Å². The van der Waals surface area contributed by atoms with Crippen LogP contribution in [0.2, 0.25) is 5.02 Å². The van der Waals surface area contributed by atoms with Crippen LogP contribution in [0.1, 0.15) is 61.4 Å². The number of esters is 1. The quantitative estimate of drug-likeness (QED) is 0.299. The molecule has 3 atom stereocenters. The molecule has 1 spiro atoms. The topological polar surface area (TPSA) is 93.7 Å². The molecule has 3 aromatic rings. The normalized spacial score (nSPS) is 21.7. The zero-order valence-electron chi connectivity index (χ0n) is 22.9. The average molecular weight is 644 g/mol. The monoisotopic (exact) mass is 642 g/mol. The summed E-state index contributed by atoms with van der Waals surface area (Å²) in [4.78, 5) is 40.5. The maximum atomic E-state index is 14.7. The van der Waals surface area contributed by atoms with Crippen molar-refractivity contribution in [2.75, 3.05) is 11.9 Å². The Morgan fingerprint density at radius 1 is 1.12 bits per heavy atom. The maximum Gasteiger partial charge on any atom is 0.349 e. The van der Waals surface area contributed by atoms with Gasteiger partial charge in [-0.25, -0.2) is 9.18 Å². The molecule has 0 bridgehead atoms. The van der Waals surface area contributed by atoms with Gasteiger partial charge in [-0.3, -0.25) is 9.59 Å². The van der Waals surface area contributed by atoms with Gasteiger partial charge in [0.05, 0.1) is 12.6 Å². The number of rotatable bonds is 6. The molecule has 3 aromatic carbocycles. The number of carbonyl (C=O) groups excluding carboxylic acids is 3. The fraction of sp³-hybridized carbons (Fsp3) is 0.323. The number of hydrogen-bond acceptors (Lipinski definition) is 5. The SMILES string of the molecule is CCOC(=O)C(C)(C)Oc1ccc(Br)cc1[C@H]1CC(=O)N[C@@H](c2cc(F)ccc2C)[C@@]12C(=O)Nc1cc(Cl)ccc12. The lowest BCUT2D eigenvalue weighted by atomic mass is 9.59. The third kappa shape index (κ3) is 4.99. The molecular weight excluding hydrogens is 615 g/mol. The van der Waals surface area contributed by atoms with Crippen LogP contribution in [-0.4, -0.2) is 30.0 Å². The number of amides is 2. The highest BCUT2D eigenvalue weighted by Gasteiger charge is 2.62. The van der Waals surface area contributed by atoms with Crippen LogP contribution in [0.15, 0.2) is 59.1 Å². The Hall–Kier alpha value is -3.43. The highest BCUT2D eigenvalue weighted by Crippen LogP contribution is 2.59. The first-order valence-electron chi connectivity index (χ1n) is 13.2. The van der Waals surface area contributed by atoms with Crippen LogP contribution in [0.25, 0.3) is 0 Å². The number of ether oxygens (including phenoxy) is 2. The van der Waals surface area contributed by atoms with Crippen molar-refractivity contribution in [2.24, 2.45) is 0 Å². The standard InChI is InChI=1S/C31H29BrClFN2O5/c1-5-40-29(39)30(3,4)41-25-11-7-17(32)12-21(25)23-15-26(37)36-27(20-14-19(34)9-6-16(20)2)31(23)22-10-8-18(33)13-24(22)35-28(31)38/h6-14,23,27H,5,15H2,1-4H3,(H,35,38)(H,36,37)/t23-,27+,31+/m1/s1. The van der Waals surface area contributed by atoms with E-state index >= 15 is 0 Å². The summed E-state index contributed by atoms with van der Waals surface area (Å²) in [6.07, 6.45) is -0.0764. The van der Waals surface area contributed by atoms with Crippen molar-refractivity contribution in [3.8, 4) is 5.75 Å². The van der Waals surface area contributed by atoms with Crippen molar-refractivity contribution in [2.45, 2.75) is 57.1 Å². The van der Waals surface area contributed by atoms with Crippen molar-refractivity contribution in [3.63, 3.8) is 0 Å². The number of fused-ring (bicyclic) bond motifs is 2. The van der Waals surface area contributed by atoms with Gasteiger partial charge in [-0.2, -0.15) is 0 Å². The van der Waals surface area contributed by atoms with E-state index in [1.165, 1.54) is 12.1 Å². The van der Waals surface area contributed by atoms with Crippen LogP contribution in [-0.2, 0) is 24.5 Å². The zero-order chi connectivity index (χ0) is 29.7. The Balaban J connectivity index is 1.78. The number of anilines is 1. The van der Waals surface area contributed by atoms with E-state index in [0.29, 0.717) is 43.2 Å². The van der Waals surface area contributed by atoms with E-state index < -0.39 is 34.8 Å². The molecule has 7 nitrogen and oxygen atoms in total. The smallest absolute Gasteiger partial charge is 0.349 e. The van der Waals surface area contributed by atoms with Crippen molar-refractivity contribution in [1.29, 1.82) is 0 Å². The van der Waals surface area contributed by atoms with Crippen LogP contribution in [0, 0.1) is 12.7 Å². The van der Waals surface area contributed by atoms with Gasteiger partial charge >= 0.3 is 5.97 Å². The largest absolute Gasteiger partial charge is 0.476 e. The number of hydrogen-bond donors (Lipinski definition) is 2. The Bertz CT molecular complexity index is 1580. The molecule has 5 rings (SSSR count). The van der Waals surface area contributed by atoms with Gasteiger partial charge in [-0.1, -0.05) is 39.7 Å². The summed E-state index contributed by atoms with van der Waals surface area (Å²) < 4.78 is 26.9. The minimum Gasteiger partial charge on any atom is -0.476 e. The van der Waals surface area contributed by atoms with Crippen LogP contribution in [0.5, 0.6) is 5.75 Å². The number of halogens is 3. The highest BCUT2D eigenvalue weighted by molar-refractivity contribution is 9.10. The second kappa shape index (κ2) is 10.8. The predicted octanol–water partition coefficient (Wildman–Crippen LogP) is 6.51. The molecule has 2 heterocycles. The summed E-state index contributed by atoms with van der Waals surface area (Å²) >= 11 is 9.84. The van der Waals surface area contributed by atoms with E-state index in [1.54, 1.807) is 63.2 Å². The van der Waals surface area contributed by atoms with E-state index in [4.69, 9.17) is 21.1 Å². The number of benzene rings is 3. The third-order valence-corrected chi connectivity index (χ3v) is 8.51. The van der Waals surface area contributed by atoms with Crippen LogP contribution >= 0.6 is 27.5 Å². The summed E-state index contributed by atoms with van der Waals surface area (Å²) in [5.74, 6) is -2.21. The molecule has 2 aliphatic heterocycles. The fourth-order valence-electron chi connectivity index (χ4n) is 5.95. The predicted molar refractivity (Wildman–Crippen MR) is 157 cm³/mol. The molecule has 0 aromatic heterocycles. The summed E-state index contributed by atoms with van der Waals surface area (Å²) in [5.41, 5.74) is 0.0485. The molecule has 2 N–H and O–H groups in total. The van der Waals surface area contributed by atoms with Gasteiger partial charge < -0.3 is 20.1 Å². The molecule has 41 heavy (non-hydrogen) atoms. The molecule has 1 fully saturated rings. The first-order chi connectivity index (χ1) is 19.4. The Morgan fingerprint density at radius 2 is 1.88 bits per heavy atom. The minimum atomic E-state index is -1.42. The van der Waals surface area contributed by atoms with E-state index in [-0.39, 0.29) is 24.8 Å². The van der Waals surface area contributed by atoms with Gasteiger partial charge in [0, 0.05) is 33.1 Å². The second-order valence-corrected chi connectivity index (χ2v) is 12.1. The van der Waals surface area contributed by atoms with E-state index in [0.717, 1.165) is 0 Å². The van der Waals surface area contributed by atoms with Gasteiger partial charge in [0.15, 0.2) is 5.60 Å². The lowest BCUT2D eigenvalue weighted by Crippen LogP contribution is -2.57. The molecule has 2 aliphatic rings. The molecule has 1 saturated heterocycles. The Kier molecular flexibility index (Phi) is 7.63. The van der Waals surface area contributed by atoms with Crippen LogP contribution in [0.3, 0.4) is 0 Å². The van der Waals surface area contributed by atoms with E-state index in [1.807, 2.05) is 6.92 Å². The van der Waals surface area contributed by atoms with Gasteiger partial charge in [-0.05, 0) is 86.8 Å². The third-order valence-electron chi connectivity index (χ3n) is 7.78. The van der Waals surface area contributed by atoms with E-state index in [9.17, 15) is 18.8 Å². The highest BCUT2D eigenvalue weighted by atomic mass is 79.9. The minimum absolute atomic E-state index is 0.0764.